The lowest BCUT2D eigenvalue weighted by atomic mass is 10.3. The molecule has 0 saturated heterocycles. The SMILES string of the molecule is C/C(=N\NC(=S)Nc1ccccc1F)c1nc2ccc(Oc3ccc(F)cc3)cc2[nH]1. The van der Waals surface area contributed by atoms with Gasteiger partial charge in [0.25, 0.3) is 0 Å². The lowest BCUT2D eigenvalue weighted by molar-refractivity contribution is 0.481. The van der Waals surface area contributed by atoms with E-state index in [0.29, 0.717) is 23.0 Å². The number of H-pyrrole nitrogens is 1. The molecule has 9 heteroatoms. The fourth-order valence-electron chi connectivity index (χ4n) is 2.76. The number of hydrogen-bond acceptors (Lipinski definition) is 4. The Morgan fingerprint density at radius 3 is 2.55 bits per heavy atom. The van der Waals surface area contributed by atoms with Gasteiger partial charge in [0.15, 0.2) is 10.9 Å². The third-order valence-corrected chi connectivity index (χ3v) is 4.49. The van der Waals surface area contributed by atoms with E-state index in [1.165, 1.54) is 18.2 Å². The van der Waals surface area contributed by atoms with E-state index in [0.717, 1.165) is 11.0 Å². The largest absolute Gasteiger partial charge is 0.457 e. The van der Waals surface area contributed by atoms with E-state index in [2.05, 4.69) is 25.8 Å². The second-order valence-electron chi connectivity index (χ2n) is 6.56. The Morgan fingerprint density at radius 1 is 1.03 bits per heavy atom. The predicted molar refractivity (Wildman–Crippen MR) is 121 cm³/mol. The van der Waals surface area contributed by atoms with E-state index < -0.39 is 5.82 Å². The Hall–Kier alpha value is -3.85. The molecule has 0 radical (unpaired) electrons. The average Bonchev–Trinajstić information content (AvgIpc) is 3.19. The van der Waals surface area contributed by atoms with Gasteiger partial charge in [0.1, 0.15) is 28.8 Å². The lowest BCUT2D eigenvalue weighted by Crippen LogP contribution is -2.25. The molecular formula is C22H17F2N5OS. The molecular weight excluding hydrogens is 420 g/mol. The molecule has 0 fully saturated rings. The number of nitrogens with one attached hydrogen (secondary N) is 3. The Labute approximate surface area is 182 Å². The summed E-state index contributed by atoms with van der Waals surface area (Å²) in [6, 6.07) is 17.3. The zero-order valence-electron chi connectivity index (χ0n) is 16.3. The minimum Gasteiger partial charge on any atom is -0.457 e. The maximum Gasteiger partial charge on any atom is 0.191 e. The summed E-state index contributed by atoms with van der Waals surface area (Å²) < 4.78 is 32.5. The van der Waals surface area contributed by atoms with Crippen LogP contribution in [-0.2, 0) is 0 Å². The first-order chi connectivity index (χ1) is 15.0. The van der Waals surface area contributed by atoms with Gasteiger partial charge in [-0.3, -0.25) is 5.43 Å². The molecule has 3 N–H and O–H groups in total. The number of rotatable bonds is 5. The van der Waals surface area contributed by atoms with E-state index in [4.69, 9.17) is 17.0 Å². The highest BCUT2D eigenvalue weighted by atomic mass is 32.1. The molecule has 31 heavy (non-hydrogen) atoms. The topological polar surface area (TPSA) is 74.3 Å². The molecule has 156 valence electrons. The summed E-state index contributed by atoms with van der Waals surface area (Å²) in [5.41, 5.74) is 4.95. The molecule has 0 amide bonds. The summed E-state index contributed by atoms with van der Waals surface area (Å²) in [6.07, 6.45) is 0. The molecule has 6 nitrogen and oxygen atoms in total. The van der Waals surface area contributed by atoms with Gasteiger partial charge in [0.05, 0.1) is 16.7 Å². The Morgan fingerprint density at radius 2 is 1.77 bits per heavy atom. The first-order valence-corrected chi connectivity index (χ1v) is 9.68. The summed E-state index contributed by atoms with van der Waals surface area (Å²) in [5, 5.41) is 7.09. The maximum atomic E-state index is 13.7. The number of halogens is 2. The van der Waals surface area contributed by atoms with Crippen LogP contribution in [0.2, 0.25) is 0 Å². The van der Waals surface area contributed by atoms with Gasteiger partial charge in [-0.05, 0) is 67.7 Å². The first-order valence-electron chi connectivity index (χ1n) is 9.27. The van der Waals surface area contributed by atoms with Crippen LogP contribution in [-0.4, -0.2) is 20.8 Å². The zero-order valence-corrected chi connectivity index (χ0v) is 17.1. The second kappa shape index (κ2) is 8.88. The van der Waals surface area contributed by atoms with Crippen molar-refractivity contribution >= 4 is 39.8 Å². The molecule has 4 rings (SSSR count). The van der Waals surface area contributed by atoms with Crippen LogP contribution in [0.1, 0.15) is 12.7 Å². The number of thiocarbonyl (C=S) groups is 1. The Bertz CT molecular complexity index is 1270. The third-order valence-electron chi connectivity index (χ3n) is 4.29. The predicted octanol–water partition coefficient (Wildman–Crippen LogP) is 5.34. The van der Waals surface area contributed by atoms with Crippen molar-refractivity contribution in [3.63, 3.8) is 0 Å². The second-order valence-corrected chi connectivity index (χ2v) is 6.97. The van der Waals surface area contributed by atoms with Gasteiger partial charge in [0, 0.05) is 6.07 Å². The molecule has 0 saturated carbocycles. The monoisotopic (exact) mass is 437 g/mol. The van der Waals surface area contributed by atoms with Crippen molar-refractivity contribution < 1.29 is 13.5 Å². The van der Waals surface area contributed by atoms with Gasteiger partial charge in [-0.2, -0.15) is 5.10 Å². The molecule has 0 spiro atoms. The quantitative estimate of drug-likeness (QED) is 0.223. The van der Waals surface area contributed by atoms with Crippen LogP contribution in [0, 0.1) is 11.6 Å². The molecule has 3 aromatic carbocycles. The highest BCUT2D eigenvalue weighted by molar-refractivity contribution is 7.80. The van der Waals surface area contributed by atoms with Crippen LogP contribution in [0.4, 0.5) is 14.5 Å². The lowest BCUT2D eigenvalue weighted by Gasteiger charge is -2.08. The van der Waals surface area contributed by atoms with E-state index >= 15 is 0 Å². The van der Waals surface area contributed by atoms with Crippen molar-refractivity contribution in [1.29, 1.82) is 0 Å². The highest BCUT2D eigenvalue weighted by Gasteiger charge is 2.09. The molecule has 0 unspecified atom stereocenters. The van der Waals surface area contributed by atoms with E-state index in [-0.39, 0.29) is 16.6 Å². The number of nitrogens with zero attached hydrogens (tertiary/aromatic N) is 2. The van der Waals surface area contributed by atoms with Gasteiger partial charge in [-0.1, -0.05) is 12.1 Å². The highest BCUT2D eigenvalue weighted by Crippen LogP contribution is 2.25. The Kier molecular flexibility index (Phi) is 5.85. The fourth-order valence-corrected chi connectivity index (χ4v) is 2.92. The van der Waals surface area contributed by atoms with E-state index in [1.54, 1.807) is 55.5 Å². The van der Waals surface area contributed by atoms with Crippen molar-refractivity contribution in [2.45, 2.75) is 6.92 Å². The van der Waals surface area contributed by atoms with Crippen molar-refractivity contribution in [1.82, 2.24) is 15.4 Å². The van der Waals surface area contributed by atoms with Gasteiger partial charge in [0.2, 0.25) is 0 Å². The summed E-state index contributed by atoms with van der Waals surface area (Å²) in [6.45, 7) is 1.76. The van der Waals surface area contributed by atoms with E-state index in [1.807, 2.05) is 0 Å². The molecule has 0 aliphatic carbocycles. The van der Waals surface area contributed by atoms with E-state index in [9.17, 15) is 8.78 Å². The van der Waals surface area contributed by atoms with Crippen molar-refractivity contribution in [3.05, 3.63) is 84.2 Å². The minimum absolute atomic E-state index is 0.149. The zero-order chi connectivity index (χ0) is 21.8. The van der Waals surface area contributed by atoms with Crippen LogP contribution in [0.3, 0.4) is 0 Å². The number of para-hydroxylation sites is 1. The number of hydrogen-bond donors (Lipinski definition) is 3. The van der Waals surface area contributed by atoms with Crippen LogP contribution < -0.4 is 15.5 Å². The Balaban J connectivity index is 1.45. The number of ether oxygens (including phenoxy) is 1. The van der Waals surface area contributed by atoms with Crippen LogP contribution in [0.15, 0.2) is 71.8 Å². The molecule has 1 aromatic heterocycles. The normalized spacial score (nSPS) is 11.4. The molecule has 4 aromatic rings. The van der Waals surface area contributed by atoms with Crippen molar-refractivity contribution in [2.75, 3.05) is 5.32 Å². The molecule has 0 atom stereocenters. The number of hydrazone groups is 1. The van der Waals surface area contributed by atoms with Gasteiger partial charge < -0.3 is 15.0 Å². The van der Waals surface area contributed by atoms with Crippen LogP contribution in [0.25, 0.3) is 11.0 Å². The fraction of sp³-hybridized carbons (Fsp3) is 0.0455. The smallest absolute Gasteiger partial charge is 0.191 e. The number of benzene rings is 3. The standard InChI is InChI=1S/C22H17F2N5OS/c1-13(28-29-22(31)27-18-5-3-2-4-17(18)24)21-25-19-11-10-16(12-20(19)26-21)30-15-8-6-14(23)7-9-15/h2-12H,1H3,(H,25,26)(H2,27,29,31)/b28-13+. The van der Waals surface area contributed by atoms with Gasteiger partial charge in [-0.15, -0.1) is 0 Å². The summed E-state index contributed by atoms with van der Waals surface area (Å²) in [7, 11) is 0. The number of aromatic nitrogens is 2. The first kappa shape index (κ1) is 20.4. The summed E-state index contributed by atoms with van der Waals surface area (Å²) >= 11 is 5.15. The van der Waals surface area contributed by atoms with Crippen LogP contribution >= 0.6 is 12.2 Å². The minimum atomic E-state index is -0.414. The average molecular weight is 437 g/mol. The van der Waals surface area contributed by atoms with Crippen LogP contribution in [0.5, 0.6) is 11.5 Å². The van der Waals surface area contributed by atoms with Crippen molar-refractivity contribution in [3.8, 4) is 11.5 Å². The third kappa shape index (κ3) is 5.01. The number of aromatic amines is 1. The molecule has 1 heterocycles. The maximum absolute atomic E-state index is 13.7. The van der Waals surface area contributed by atoms with Gasteiger partial charge >= 0.3 is 0 Å². The number of anilines is 1. The number of imidazole rings is 1. The van der Waals surface area contributed by atoms with Crippen molar-refractivity contribution in [2.24, 2.45) is 5.10 Å². The molecule has 0 aliphatic heterocycles. The summed E-state index contributed by atoms with van der Waals surface area (Å²) in [5.74, 6) is 0.905. The van der Waals surface area contributed by atoms with Gasteiger partial charge in [-0.25, -0.2) is 13.8 Å². The molecule has 0 aliphatic rings. The summed E-state index contributed by atoms with van der Waals surface area (Å²) in [4.78, 5) is 7.66. The number of fused-ring (bicyclic) bond motifs is 1. The molecule has 0 bridgehead atoms.